The van der Waals surface area contributed by atoms with Gasteiger partial charge in [0.25, 0.3) is 5.91 Å². The van der Waals surface area contributed by atoms with Gasteiger partial charge in [0, 0.05) is 30.4 Å². The zero-order valence-corrected chi connectivity index (χ0v) is 16.8. The van der Waals surface area contributed by atoms with Crippen molar-refractivity contribution in [2.75, 3.05) is 25.6 Å². The number of amides is 1. The summed E-state index contributed by atoms with van der Waals surface area (Å²) in [5.41, 5.74) is 7.00. The van der Waals surface area contributed by atoms with Gasteiger partial charge in [-0.3, -0.25) is 4.79 Å². The second kappa shape index (κ2) is 8.33. The molecule has 1 aromatic carbocycles. The molecule has 0 atom stereocenters. The molecule has 1 saturated heterocycles. The lowest BCUT2D eigenvalue weighted by Gasteiger charge is -2.36. The molecule has 30 heavy (non-hydrogen) atoms. The Morgan fingerprint density at radius 2 is 2.13 bits per heavy atom. The standard InChI is InChI=1S/C22H25N3O5/c1-14-19(21(27)25-22(13-26)6-9-28-10-7-22)17-11-16(4-5-18(17)30-14)29-12-15-3-2-8-24-20(15)23/h2-5,8,11,26H,6-7,9-10,12-13H2,1H3,(H2,23,24)(H,25,27). The van der Waals surface area contributed by atoms with Crippen LogP contribution in [0.3, 0.4) is 0 Å². The normalized spacial score (nSPS) is 15.8. The third kappa shape index (κ3) is 3.96. The van der Waals surface area contributed by atoms with Gasteiger partial charge in [-0.2, -0.15) is 0 Å². The summed E-state index contributed by atoms with van der Waals surface area (Å²) < 4.78 is 17.0. The summed E-state index contributed by atoms with van der Waals surface area (Å²) >= 11 is 0. The SMILES string of the molecule is Cc1oc2ccc(OCc3cccnc3N)cc2c1C(=O)NC1(CO)CCOCC1. The molecule has 158 valence electrons. The minimum absolute atomic E-state index is 0.141. The summed E-state index contributed by atoms with van der Waals surface area (Å²) in [5, 5.41) is 13.5. The third-order valence-electron chi connectivity index (χ3n) is 5.51. The molecule has 2 aromatic heterocycles. The number of benzene rings is 1. The number of nitrogens with zero attached hydrogens (tertiary/aromatic N) is 1. The minimum atomic E-state index is -0.683. The van der Waals surface area contributed by atoms with E-state index in [0.29, 0.717) is 59.9 Å². The molecule has 0 aliphatic carbocycles. The van der Waals surface area contributed by atoms with Crippen molar-refractivity contribution >= 4 is 22.7 Å². The number of nitrogens with two attached hydrogens (primary N) is 1. The lowest BCUT2D eigenvalue weighted by atomic mass is 9.90. The first kappa shape index (κ1) is 20.2. The number of hydrogen-bond donors (Lipinski definition) is 3. The molecule has 4 N–H and O–H groups in total. The van der Waals surface area contributed by atoms with Gasteiger partial charge in [-0.15, -0.1) is 0 Å². The highest BCUT2D eigenvalue weighted by Crippen LogP contribution is 2.31. The highest BCUT2D eigenvalue weighted by atomic mass is 16.5. The Morgan fingerprint density at radius 1 is 1.33 bits per heavy atom. The molecule has 1 aliphatic rings. The van der Waals surface area contributed by atoms with Crippen LogP contribution >= 0.6 is 0 Å². The van der Waals surface area contributed by atoms with Gasteiger partial charge in [0.05, 0.1) is 17.7 Å². The van der Waals surface area contributed by atoms with Crippen LogP contribution in [0.4, 0.5) is 5.82 Å². The van der Waals surface area contributed by atoms with Crippen molar-refractivity contribution < 1.29 is 23.8 Å². The first-order valence-corrected chi connectivity index (χ1v) is 9.88. The van der Waals surface area contributed by atoms with Crippen molar-refractivity contribution in [3.05, 3.63) is 53.4 Å². The van der Waals surface area contributed by atoms with Crippen LogP contribution in [0.2, 0.25) is 0 Å². The molecule has 8 nitrogen and oxygen atoms in total. The van der Waals surface area contributed by atoms with Gasteiger partial charge in [0.1, 0.15) is 29.5 Å². The molecular weight excluding hydrogens is 386 g/mol. The molecule has 8 heteroatoms. The van der Waals surface area contributed by atoms with E-state index < -0.39 is 5.54 Å². The second-order valence-corrected chi connectivity index (χ2v) is 7.53. The van der Waals surface area contributed by atoms with Gasteiger partial charge >= 0.3 is 0 Å². The monoisotopic (exact) mass is 411 g/mol. The number of pyridine rings is 1. The number of hydrogen-bond acceptors (Lipinski definition) is 7. The van der Waals surface area contributed by atoms with Crippen molar-refractivity contribution in [2.45, 2.75) is 31.9 Å². The largest absolute Gasteiger partial charge is 0.489 e. The van der Waals surface area contributed by atoms with Crippen LogP contribution < -0.4 is 15.8 Å². The van der Waals surface area contributed by atoms with Gasteiger partial charge in [0.2, 0.25) is 0 Å². The first-order valence-electron chi connectivity index (χ1n) is 9.88. The molecule has 0 spiro atoms. The molecule has 0 unspecified atom stereocenters. The molecule has 3 heterocycles. The molecule has 1 aliphatic heterocycles. The van der Waals surface area contributed by atoms with Crippen LogP contribution in [0.15, 0.2) is 40.9 Å². The highest BCUT2D eigenvalue weighted by Gasteiger charge is 2.35. The van der Waals surface area contributed by atoms with E-state index in [1.165, 1.54) is 0 Å². The third-order valence-corrected chi connectivity index (χ3v) is 5.51. The van der Waals surface area contributed by atoms with Crippen LogP contribution in [0, 0.1) is 6.92 Å². The van der Waals surface area contributed by atoms with Crippen molar-refractivity contribution in [1.29, 1.82) is 0 Å². The van der Waals surface area contributed by atoms with Gasteiger partial charge in [0.15, 0.2) is 0 Å². The Bertz CT molecular complexity index is 1060. The molecule has 0 saturated carbocycles. The smallest absolute Gasteiger partial charge is 0.255 e. The number of aryl methyl sites for hydroxylation is 1. The molecule has 3 aromatic rings. The van der Waals surface area contributed by atoms with Crippen molar-refractivity contribution in [2.24, 2.45) is 0 Å². The van der Waals surface area contributed by atoms with E-state index >= 15 is 0 Å². The number of furan rings is 1. The number of aromatic nitrogens is 1. The predicted octanol–water partition coefficient (Wildman–Crippen LogP) is 2.57. The Morgan fingerprint density at radius 3 is 2.87 bits per heavy atom. The molecular formula is C22H25N3O5. The molecule has 1 amide bonds. The maximum absolute atomic E-state index is 13.1. The summed E-state index contributed by atoms with van der Waals surface area (Å²) in [6.07, 6.45) is 2.75. The zero-order valence-electron chi connectivity index (χ0n) is 16.8. The van der Waals surface area contributed by atoms with Crippen LogP contribution in [-0.2, 0) is 11.3 Å². The fourth-order valence-electron chi connectivity index (χ4n) is 3.69. The van der Waals surface area contributed by atoms with E-state index in [-0.39, 0.29) is 19.1 Å². The Hall–Kier alpha value is -3.10. The summed E-state index contributed by atoms with van der Waals surface area (Å²) in [7, 11) is 0. The van der Waals surface area contributed by atoms with E-state index in [9.17, 15) is 9.90 Å². The molecule has 1 fully saturated rings. The molecule has 4 rings (SSSR count). The van der Waals surface area contributed by atoms with Crippen LogP contribution in [0.1, 0.15) is 34.5 Å². The number of ether oxygens (including phenoxy) is 2. The number of aliphatic hydroxyl groups excluding tert-OH is 1. The lowest BCUT2D eigenvalue weighted by Crippen LogP contribution is -2.54. The van der Waals surface area contributed by atoms with Crippen LogP contribution in [-0.4, -0.2) is 41.4 Å². The summed E-state index contributed by atoms with van der Waals surface area (Å²) in [5.74, 6) is 1.24. The van der Waals surface area contributed by atoms with Gasteiger partial charge in [-0.1, -0.05) is 6.07 Å². The Kier molecular flexibility index (Phi) is 5.61. The van der Waals surface area contributed by atoms with E-state index in [0.717, 1.165) is 5.56 Å². The number of carbonyl (C=O) groups is 1. The van der Waals surface area contributed by atoms with E-state index in [2.05, 4.69) is 10.3 Å². The summed E-state index contributed by atoms with van der Waals surface area (Å²) in [4.78, 5) is 17.2. The van der Waals surface area contributed by atoms with Crippen molar-refractivity contribution in [1.82, 2.24) is 10.3 Å². The predicted molar refractivity (Wildman–Crippen MR) is 111 cm³/mol. The average molecular weight is 411 g/mol. The summed E-state index contributed by atoms with van der Waals surface area (Å²) in [6.45, 7) is 2.87. The van der Waals surface area contributed by atoms with Crippen LogP contribution in [0.25, 0.3) is 11.0 Å². The fraction of sp³-hybridized carbons (Fsp3) is 0.364. The van der Waals surface area contributed by atoms with E-state index in [1.807, 2.05) is 6.07 Å². The number of anilines is 1. The van der Waals surface area contributed by atoms with Crippen LogP contribution in [0.5, 0.6) is 5.75 Å². The van der Waals surface area contributed by atoms with E-state index in [4.69, 9.17) is 19.6 Å². The number of aliphatic hydroxyl groups is 1. The minimum Gasteiger partial charge on any atom is -0.489 e. The highest BCUT2D eigenvalue weighted by molar-refractivity contribution is 6.07. The average Bonchev–Trinajstić information content (AvgIpc) is 3.09. The van der Waals surface area contributed by atoms with Gasteiger partial charge in [-0.05, 0) is 44.0 Å². The Labute approximate surface area is 174 Å². The van der Waals surface area contributed by atoms with Crippen molar-refractivity contribution in [3.8, 4) is 5.75 Å². The molecule has 0 radical (unpaired) electrons. The maximum Gasteiger partial charge on any atom is 0.255 e. The second-order valence-electron chi connectivity index (χ2n) is 7.53. The van der Waals surface area contributed by atoms with E-state index in [1.54, 1.807) is 37.4 Å². The zero-order chi connectivity index (χ0) is 21.1. The number of rotatable bonds is 6. The fourth-order valence-corrected chi connectivity index (χ4v) is 3.69. The Balaban J connectivity index is 1.58. The number of fused-ring (bicyclic) bond motifs is 1. The van der Waals surface area contributed by atoms with Crippen molar-refractivity contribution in [3.63, 3.8) is 0 Å². The number of nitrogens with one attached hydrogen (secondary N) is 1. The lowest BCUT2D eigenvalue weighted by molar-refractivity contribution is 0.0125. The topological polar surface area (TPSA) is 120 Å². The number of carbonyl (C=O) groups excluding carboxylic acids is 1. The quantitative estimate of drug-likeness (QED) is 0.570. The summed E-state index contributed by atoms with van der Waals surface area (Å²) in [6, 6.07) is 8.99. The van der Waals surface area contributed by atoms with Gasteiger partial charge < -0.3 is 30.0 Å². The number of nitrogen functional groups attached to an aromatic ring is 1. The maximum atomic E-state index is 13.1. The molecule has 0 bridgehead atoms. The van der Waals surface area contributed by atoms with Gasteiger partial charge in [-0.25, -0.2) is 4.98 Å². The first-order chi connectivity index (χ1) is 14.5.